The zero-order valence-electron chi connectivity index (χ0n) is 14.3. The van der Waals surface area contributed by atoms with E-state index in [1.54, 1.807) is 24.3 Å². The number of benzene rings is 2. The number of halogens is 1. The highest BCUT2D eigenvalue weighted by Crippen LogP contribution is 2.16. The first-order valence-electron chi connectivity index (χ1n) is 7.96. The Morgan fingerprint density at radius 3 is 2.48 bits per heavy atom. The third-order valence-electron chi connectivity index (χ3n) is 3.67. The minimum atomic E-state index is -0.241. The van der Waals surface area contributed by atoms with Gasteiger partial charge in [0.25, 0.3) is 11.8 Å². The molecule has 6 heteroatoms. The van der Waals surface area contributed by atoms with Crippen molar-refractivity contribution in [2.45, 2.75) is 13.8 Å². The molecule has 0 fully saturated rings. The van der Waals surface area contributed by atoms with Gasteiger partial charge in [-0.15, -0.1) is 0 Å². The van der Waals surface area contributed by atoms with Crippen molar-refractivity contribution in [2.75, 3.05) is 19.7 Å². The molecule has 25 heavy (non-hydrogen) atoms. The third kappa shape index (κ3) is 6.12. The Bertz CT molecular complexity index is 762. The van der Waals surface area contributed by atoms with E-state index in [9.17, 15) is 9.59 Å². The lowest BCUT2D eigenvalue weighted by molar-refractivity contribution is -0.123. The maximum atomic E-state index is 11.9. The van der Waals surface area contributed by atoms with E-state index in [2.05, 4.69) is 10.6 Å². The molecule has 0 heterocycles. The van der Waals surface area contributed by atoms with E-state index in [0.29, 0.717) is 29.4 Å². The molecule has 2 rings (SSSR count). The highest BCUT2D eigenvalue weighted by atomic mass is 35.5. The second-order valence-corrected chi connectivity index (χ2v) is 6.09. The van der Waals surface area contributed by atoms with Gasteiger partial charge in [-0.1, -0.05) is 23.7 Å². The highest BCUT2D eigenvalue weighted by molar-refractivity contribution is 6.30. The second-order valence-electron chi connectivity index (χ2n) is 5.65. The molecule has 2 amide bonds. The molecule has 2 aromatic rings. The largest absolute Gasteiger partial charge is 0.484 e. The highest BCUT2D eigenvalue weighted by Gasteiger charge is 2.06. The maximum absolute atomic E-state index is 11.9. The molecule has 0 aliphatic carbocycles. The van der Waals surface area contributed by atoms with E-state index in [-0.39, 0.29) is 18.4 Å². The minimum absolute atomic E-state index is 0.0647. The Morgan fingerprint density at radius 2 is 1.76 bits per heavy atom. The zero-order valence-corrected chi connectivity index (χ0v) is 15.0. The van der Waals surface area contributed by atoms with Gasteiger partial charge >= 0.3 is 0 Å². The second kappa shape index (κ2) is 9.08. The van der Waals surface area contributed by atoms with Crippen LogP contribution in [0.5, 0.6) is 5.75 Å². The summed E-state index contributed by atoms with van der Waals surface area (Å²) in [5.41, 5.74) is 2.77. The topological polar surface area (TPSA) is 67.4 Å². The van der Waals surface area contributed by atoms with Crippen molar-refractivity contribution in [1.82, 2.24) is 10.6 Å². The van der Waals surface area contributed by atoms with E-state index in [1.165, 1.54) is 5.56 Å². The van der Waals surface area contributed by atoms with Crippen molar-refractivity contribution in [3.63, 3.8) is 0 Å². The molecular weight excluding hydrogens is 340 g/mol. The number of ether oxygens (including phenoxy) is 1. The van der Waals surface area contributed by atoms with Crippen LogP contribution in [-0.2, 0) is 4.79 Å². The number of hydrogen-bond donors (Lipinski definition) is 2. The molecular formula is C19H21ClN2O3. The van der Waals surface area contributed by atoms with Gasteiger partial charge in [0, 0.05) is 23.7 Å². The predicted octanol–water partition coefficient (Wildman–Crippen LogP) is 2.88. The number of carbonyl (C=O) groups is 2. The quantitative estimate of drug-likeness (QED) is 0.746. The van der Waals surface area contributed by atoms with Gasteiger partial charge in [-0.05, 0) is 55.3 Å². The first-order valence-corrected chi connectivity index (χ1v) is 8.34. The minimum Gasteiger partial charge on any atom is -0.484 e. The number of aryl methyl sites for hydroxylation is 2. The Labute approximate surface area is 152 Å². The van der Waals surface area contributed by atoms with Gasteiger partial charge in [0.15, 0.2) is 6.61 Å². The first-order chi connectivity index (χ1) is 12.0. The molecule has 5 nitrogen and oxygen atoms in total. The zero-order chi connectivity index (χ0) is 18.2. The summed E-state index contributed by atoms with van der Waals surface area (Å²) >= 11 is 5.84. The van der Waals surface area contributed by atoms with Crippen molar-refractivity contribution in [2.24, 2.45) is 0 Å². The van der Waals surface area contributed by atoms with Gasteiger partial charge in [-0.3, -0.25) is 9.59 Å². The molecule has 0 aliphatic heterocycles. The molecule has 2 aromatic carbocycles. The summed E-state index contributed by atoms with van der Waals surface area (Å²) < 4.78 is 5.45. The summed E-state index contributed by atoms with van der Waals surface area (Å²) in [4.78, 5) is 23.7. The van der Waals surface area contributed by atoms with Crippen LogP contribution in [0.2, 0.25) is 5.02 Å². The van der Waals surface area contributed by atoms with Gasteiger partial charge < -0.3 is 15.4 Å². The van der Waals surface area contributed by atoms with Crippen LogP contribution in [0.4, 0.5) is 0 Å². The summed E-state index contributed by atoms with van der Waals surface area (Å²) in [5.74, 6) is 0.186. The van der Waals surface area contributed by atoms with Crippen LogP contribution in [0.1, 0.15) is 21.5 Å². The van der Waals surface area contributed by atoms with Gasteiger partial charge in [-0.25, -0.2) is 0 Å². The van der Waals surface area contributed by atoms with Crippen LogP contribution in [0.3, 0.4) is 0 Å². The van der Waals surface area contributed by atoms with Crippen LogP contribution in [0.15, 0.2) is 42.5 Å². The lowest BCUT2D eigenvalue weighted by Crippen LogP contribution is -2.36. The monoisotopic (exact) mass is 360 g/mol. The standard InChI is InChI=1S/C19H21ClN2O3/c1-13-6-7-17(10-14(13)2)25-12-18(23)21-8-9-22-19(24)15-4-3-5-16(20)11-15/h3-7,10-11H,8-9,12H2,1-2H3,(H,21,23)(H,22,24). The first kappa shape index (κ1) is 18.8. The molecule has 0 saturated heterocycles. The molecule has 0 atom stereocenters. The summed E-state index contributed by atoms with van der Waals surface area (Å²) in [7, 11) is 0. The van der Waals surface area contributed by atoms with Crippen LogP contribution >= 0.6 is 11.6 Å². The van der Waals surface area contributed by atoms with Crippen LogP contribution in [0, 0.1) is 13.8 Å². The van der Waals surface area contributed by atoms with Crippen molar-refractivity contribution >= 4 is 23.4 Å². The molecule has 0 spiro atoms. The average molecular weight is 361 g/mol. The Morgan fingerprint density at radius 1 is 1.00 bits per heavy atom. The number of hydrogen-bond acceptors (Lipinski definition) is 3. The van der Waals surface area contributed by atoms with Crippen molar-refractivity contribution in [3.05, 3.63) is 64.2 Å². The Balaban J connectivity index is 1.66. The lowest BCUT2D eigenvalue weighted by Gasteiger charge is -2.10. The van der Waals surface area contributed by atoms with E-state index >= 15 is 0 Å². The fourth-order valence-electron chi connectivity index (χ4n) is 2.11. The van der Waals surface area contributed by atoms with Crippen molar-refractivity contribution in [3.8, 4) is 5.75 Å². The predicted molar refractivity (Wildman–Crippen MR) is 98.2 cm³/mol. The summed E-state index contributed by atoms with van der Waals surface area (Å²) in [6.07, 6.45) is 0. The number of carbonyl (C=O) groups excluding carboxylic acids is 2. The number of rotatable bonds is 7. The van der Waals surface area contributed by atoms with E-state index in [4.69, 9.17) is 16.3 Å². The van der Waals surface area contributed by atoms with Crippen LogP contribution in [0.25, 0.3) is 0 Å². The molecule has 132 valence electrons. The maximum Gasteiger partial charge on any atom is 0.258 e. The molecule has 2 N–H and O–H groups in total. The smallest absolute Gasteiger partial charge is 0.258 e. The molecule has 0 aromatic heterocycles. The third-order valence-corrected chi connectivity index (χ3v) is 3.90. The van der Waals surface area contributed by atoms with Crippen LogP contribution in [-0.4, -0.2) is 31.5 Å². The molecule has 0 aliphatic rings. The number of nitrogens with one attached hydrogen (secondary N) is 2. The van der Waals surface area contributed by atoms with E-state index in [1.807, 2.05) is 32.0 Å². The SMILES string of the molecule is Cc1ccc(OCC(=O)NCCNC(=O)c2cccc(Cl)c2)cc1C. The fourth-order valence-corrected chi connectivity index (χ4v) is 2.30. The van der Waals surface area contributed by atoms with Gasteiger partial charge in [0.2, 0.25) is 0 Å². The van der Waals surface area contributed by atoms with Gasteiger partial charge in [-0.2, -0.15) is 0 Å². The normalized spacial score (nSPS) is 10.2. The molecule has 0 saturated carbocycles. The van der Waals surface area contributed by atoms with Crippen molar-refractivity contribution in [1.29, 1.82) is 0 Å². The van der Waals surface area contributed by atoms with Crippen molar-refractivity contribution < 1.29 is 14.3 Å². The summed E-state index contributed by atoms with van der Waals surface area (Å²) in [6, 6.07) is 12.4. The van der Waals surface area contributed by atoms with Gasteiger partial charge in [0.05, 0.1) is 0 Å². The van der Waals surface area contributed by atoms with Gasteiger partial charge in [0.1, 0.15) is 5.75 Å². The van der Waals surface area contributed by atoms with E-state index < -0.39 is 0 Å². The fraction of sp³-hybridized carbons (Fsp3) is 0.263. The molecule has 0 radical (unpaired) electrons. The lowest BCUT2D eigenvalue weighted by atomic mass is 10.1. The molecule has 0 bridgehead atoms. The van der Waals surface area contributed by atoms with E-state index in [0.717, 1.165) is 5.56 Å². The number of amides is 2. The molecule has 0 unspecified atom stereocenters. The Kier molecular flexibility index (Phi) is 6.83. The summed E-state index contributed by atoms with van der Waals surface area (Å²) in [6.45, 7) is 4.58. The Hall–Kier alpha value is -2.53. The average Bonchev–Trinajstić information content (AvgIpc) is 2.59. The van der Waals surface area contributed by atoms with Crippen LogP contribution < -0.4 is 15.4 Å². The summed E-state index contributed by atoms with van der Waals surface area (Å²) in [5, 5.41) is 5.91.